The highest BCUT2D eigenvalue weighted by atomic mass is 16.5. The van der Waals surface area contributed by atoms with E-state index in [1.807, 2.05) is 31.3 Å². The molecule has 4 rings (SSSR count). The van der Waals surface area contributed by atoms with E-state index in [9.17, 15) is 0 Å². The molecule has 1 radical (unpaired) electrons. The molecule has 0 saturated heterocycles. The lowest BCUT2D eigenvalue weighted by Crippen LogP contribution is -2.11. The van der Waals surface area contributed by atoms with Crippen molar-refractivity contribution in [3.8, 4) is 11.5 Å². The summed E-state index contributed by atoms with van der Waals surface area (Å²) in [5.74, 6) is 2.50. The fraction of sp³-hybridized carbons (Fsp3) is 0.364. The Kier molecular flexibility index (Phi) is 4.74. The molecule has 0 N–H and O–H groups in total. The minimum absolute atomic E-state index is 0.583. The number of hydrogen-bond acceptors (Lipinski definition) is 3. The van der Waals surface area contributed by atoms with Crippen molar-refractivity contribution in [2.45, 2.75) is 38.5 Å². The Morgan fingerprint density at radius 2 is 1.88 bits per heavy atom. The summed E-state index contributed by atoms with van der Waals surface area (Å²) in [7, 11) is 2.01. The van der Waals surface area contributed by atoms with Crippen LogP contribution in [0.15, 0.2) is 47.0 Å². The normalized spacial score (nSPS) is 20.7. The molecule has 1 saturated carbocycles. The van der Waals surface area contributed by atoms with Crippen LogP contribution in [0.5, 0.6) is 0 Å². The van der Waals surface area contributed by atoms with Gasteiger partial charge in [0.15, 0.2) is 0 Å². The zero-order valence-corrected chi connectivity index (χ0v) is 15.4. The average Bonchev–Trinajstić information content (AvgIpc) is 3.28. The zero-order chi connectivity index (χ0) is 17.9. The molecule has 0 atom stereocenters. The molecule has 0 spiro atoms. The van der Waals surface area contributed by atoms with Gasteiger partial charge in [-0.05, 0) is 74.3 Å². The first-order chi connectivity index (χ1) is 12.7. The molecule has 26 heavy (non-hydrogen) atoms. The van der Waals surface area contributed by atoms with Crippen molar-refractivity contribution in [1.82, 2.24) is 14.7 Å². The van der Waals surface area contributed by atoms with Gasteiger partial charge in [0.1, 0.15) is 0 Å². The second-order valence-corrected chi connectivity index (χ2v) is 7.18. The Labute approximate surface area is 154 Å². The van der Waals surface area contributed by atoms with Gasteiger partial charge in [-0.2, -0.15) is 4.98 Å². The number of nitrogens with zero attached hydrogens (tertiary/aromatic N) is 3. The first-order valence-corrected chi connectivity index (χ1v) is 9.31. The van der Waals surface area contributed by atoms with Gasteiger partial charge in [-0.1, -0.05) is 35.5 Å². The second-order valence-electron chi connectivity index (χ2n) is 7.18. The summed E-state index contributed by atoms with van der Waals surface area (Å²) in [4.78, 5) is 4.51. The zero-order valence-electron chi connectivity index (χ0n) is 15.4. The lowest BCUT2D eigenvalue weighted by atomic mass is 9.78. The van der Waals surface area contributed by atoms with E-state index < -0.39 is 0 Å². The molecular weight excluding hydrogens is 322 g/mol. The summed E-state index contributed by atoms with van der Waals surface area (Å²) >= 11 is 0. The van der Waals surface area contributed by atoms with Gasteiger partial charge in [-0.3, -0.25) is 0 Å². The first kappa shape index (κ1) is 16.8. The number of rotatable bonds is 4. The molecule has 0 aliphatic heterocycles. The number of hydrogen-bond donors (Lipinski definition) is 0. The fourth-order valence-electron chi connectivity index (χ4n) is 3.78. The van der Waals surface area contributed by atoms with Crippen LogP contribution in [0.3, 0.4) is 0 Å². The predicted molar refractivity (Wildman–Crippen MR) is 102 cm³/mol. The largest absolute Gasteiger partial charge is 0.345 e. The SMILES string of the molecule is Cc1ccc(-c2noc(C=CC3CCC(c4cc[c]cc4)CC3)n2)n1C. The minimum Gasteiger partial charge on any atom is -0.345 e. The van der Waals surface area contributed by atoms with Gasteiger partial charge in [0.05, 0.1) is 5.69 Å². The van der Waals surface area contributed by atoms with Crippen molar-refractivity contribution in [2.24, 2.45) is 13.0 Å². The molecule has 4 heteroatoms. The number of aromatic nitrogens is 3. The Bertz CT molecular complexity index is 883. The lowest BCUT2D eigenvalue weighted by Gasteiger charge is -2.26. The summed E-state index contributed by atoms with van der Waals surface area (Å²) in [6.07, 6.45) is 9.10. The van der Waals surface area contributed by atoms with E-state index in [4.69, 9.17) is 4.52 Å². The average molecular weight is 346 g/mol. The van der Waals surface area contributed by atoms with E-state index in [0.29, 0.717) is 23.6 Å². The van der Waals surface area contributed by atoms with Crippen molar-refractivity contribution in [3.05, 3.63) is 65.7 Å². The van der Waals surface area contributed by atoms with Gasteiger partial charge in [-0.15, -0.1) is 0 Å². The topological polar surface area (TPSA) is 43.9 Å². The van der Waals surface area contributed by atoms with E-state index in [0.717, 1.165) is 5.69 Å². The molecule has 133 valence electrons. The van der Waals surface area contributed by atoms with Crippen LogP contribution in [0.4, 0.5) is 0 Å². The third-order valence-corrected chi connectivity index (χ3v) is 5.54. The van der Waals surface area contributed by atoms with Gasteiger partial charge < -0.3 is 9.09 Å². The maximum atomic E-state index is 5.40. The van der Waals surface area contributed by atoms with Crippen molar-refractivity contribution in [3.63, 3.8) is 0 Å². The van der Waals surface area contributed by atoms with Gasteiger partial charge in [0, 0.05) is 12.7 Å². The third-order valence-electron chi connectivity index (χ3n) is 5.54. The van der Waals surface area contributed by atoms with Crippen LogP contribution in [0.25, 0.3) is 17.6 Å². The van der Waals surface area contributed by atoms with Gasteiger partial charge in [-0.25, -0.2) is 0 Å². The highest BCUT2D eigenvalue weighted by Gasteiger charge is 2.21. The third kappa shape index (κ3) is 3.50. The Balaban J connectivity index is 1.37. The monoisotopic (exact) mass is 346 g/mol. The molecule has 2 aromatic heterocycles. The van der Waals surface area contributed by atoms with E-state index >= 15 is 0 Å². The highest BCUT2D eigenvalue weighted by Crippen LogP contribution is 2.36. The van der Waals surface area contributed by atoms with E-state index in [-0.39, 0.29) is 0 Å². The Hall–Kier alpha value is -2.62. The van der Waals surface area contributed by atoms with E-state index in [1.165, 1.54) is 36.9 Å². The molecule has 1 fully saturated rings. The minimum atomic E-state index is 0.583. The smallest absolute Gasteiger partial charge is 0.250 e. The van der Waals surface area contributed by atoms with Crippen LogP contribution >= 0.6 is 0 Å². The highest BCUT2D eigenvalue weighted by molar-refractivity contribution is 5.52. The molecular formula is C22H24N3O. The maximum absolute atomic E-state index is 5.40. The number of aryl methyl sites for hydroxylation is 1. The molecule has 2 heterocycles. The molecule has 0 bridgehead atoms. The summed E-state index contributed by atoms with van der Waals surface area (Å²) < 4.78 is 7.47. The van der Waals surface area contributed by atoms with Gasteiger partial charge >= 0.3 is 0 Å². The quantitative estimate of drug-likeness (QED) is 0.654. The van der Waals surface area contributed by atoms with Crippen LogP contribution < -0.4 is 0 Å². The summed E-state index contributed by atoms with van der Waals surface area (Å²) in [6, 6.07) is 15.6. The van der Waals surface area contributed by atoms with E-state index in [1.54, 1.807) is 0 Å². The number of benzene rings is 1. The van der Waals surface area contributed by atoms with Crippen LogP contribution in [0.2, 0.25) is 0 Å². The summed E-state index contributed by atoms with van der Waals surface area (Å²) in [6.45, 7) is 2.06. The van der Waals surface area contributed by atoms with E-state index in [2.05, 4.69) is 52.0 Å². The lowest BCUT2D eigenvalue weighted by molar-refractivity contribution is 0.375. The first-order valence-electron chi connectivity index (χ1n) is 9.31. The predicted octanol–water partition coefficient (Wildman–Crippen LogP) is 5.17. The summed E-state index contributed by atoms with van der Waals surface area (Å²) in [5, 5.41) is 4.11. The standard InChI is InChI=1S/C22H24N3O/c1-16-8-14-20(25(16)2)22-23-21(26-24-22)15-11-17-9-12-19(13-10-17)18-6-4-3-5-7-18/h4-8,11,14-15,17,19H,9-10,12-13H2,1-2H3. The van der Waals surface area contributed by atoms with Gasteiger partial charge in [0.2, 0.25) is 5.82 Å². The fourth-order valence-corrected chi connectivity index (χ4v) is 3.78. The van der Waals surface area contributed by atoms with Crippen molar-refractivity contribution >= 4 is 6.08 Å². The summed E-state index contributed by atoms with van der Waals surface area (Å²) in [5.41, 5.74) is 3.60. The van der Waals surface area contributed by atoms with Crippen molar-refractivity contribution in [2.75, 3.05) is 0 Å². The van der Waals surface area contributed by atoms with Crippen LogP contribution in [0.1, 0.15) is 48.7 Å². The maximum Gasteiger partial charge on any atom is 0.250 e. The molecule has 0 amide bonds. The van der Waals surface area contributed by atoms with Crippen LogP contribution in [-0.4, -0.2) is 14.7 Å². The van der Waals surface area contributed by atoms with Crippen molar-refractivity contribution in [1.29, 1.82) is 0 Å². The Morgan fingerprint density at radius 3 is 2.58 bits per heavy atom. The molecule has 0 unspecified atom stereocenters. The molecule has 1 aliphatic rings. The van der Waals surface area contributed by atoms with Crippen LogP contribution in [0, 0.1) is 18.9 Å². The molecule has 1 aromatic carbocycles. The van der Waals surface area contributed by atoms with Crippen LogP contribution in [-0.2, 0) is 7.05 Å². The second kappa shape index (κ2) is 7.32. The molecule has 3 aromatic rings. The Morgan fingerprint density at radius 1 is 1.12 bits per heavy atom. The number of allylic oxidation sites excluding steroid dienone is 1. The molecule has 1 aliphatic carbocycles. The van der Waals surface area contributed by atoms with Gasteiger partial charge in [0.25, 0.3) is 5.89 Å². The molecule has 4 nitrogen and oxygen atoms in total. The van der Waals surface area contributed by atoms with Crippen molar-refractivity contribution < 1.29 is 4.52 Å².